The Morgan fingerprint density at radius 3 is 2.38 bits per heavy atom. The van der Waals surface area contributed by atoms with Crippen LogP contribution < -0.4 is 0 Å². The van der Waals surface area contributed by atoms with Gasteiger partial charge >= 0.3 is 0 Å². The second-order valence-corrected chi connectivity index (χ2v) is 6.11. The molecule has 0 aromatic heterocycles. The lowest BCUT2D eigenvalue weighted by Gasteiger charge is -2.10. The zero-order chi connectivity index (χ0) is 15.0. The third-order valence-electron chi connectivity index (χ3n) is 3.55. The van der Waals surface area contributed by atoms with Gasteiger partial charge in [0.05, 0.1) is 0 Å². The first-order chi connectivity index (χ1) is 10.1. The van der Waals surface area contributed by atoms with Gasteiger partial charge in [0.2, 0.25) is 0 Å². The molecule has 1 nitrogen and oxygen atoms in total. The van der Waals surface area contributed by atoms with Crippen molar-refractivity contribution in [2.24, 2.45) is 0 Å². The van der Waals surface area contributed by atoms with Crippen molar-refractivity contribution in [3.05, 3.63) is 80.8 Å². The van der Waals surface area contributed by atoms with Gasteiger partial charge in [-0.2, -0.15) is 0 Å². The quantitative estimate of drug-likeness (QED) is 0.529. The number of aryl methyl sites for hydroxylation is 1. The van der Waals surface area contributed by atoms with Crippen molar-refractivity contribution in [1.29, 1.82) is 0 Å². The summed E-state index contributed by atoms with van der Waals surface area (Å²) >= 11 is 9.73. The van der Waals surface area contributed by atoms with E-state index in [1.54, 1.807) is 12.1 Å². The second-order valence-electron chi connectivity index (χ2n) is 4.91. The first kappa shape index (κ1) is 14.3. The monoisotopic (exact) mass is 358 g/mol. The Morgan fingerprint density at radius 2 is 1.62 bits per heavy atom. The minimum Gasteiger partial charge on any atom is -0.289 e. The van der Waals surface area contributed by atoms with Gasteiger partial charge in [0.25, 0.3) is 0 Å². The molecule has 0 heterocycles. The molecule has 0 saturated carbocycles. The van der Waals surface area contributed by atoms with Gasteiger partial charge in [-0.15, -0.1) is 0 Å². The number of carbonyl (C=O) groups excluding carboxylic acids is 1. The fourth-order valence-electron chi connectivity index (χ4n) is 2.43. The standard InChI is InChI=1S/C18H12BrClO/c1-11-5-4-8-15(17(11)19)18(21)14-9-10-16(20)13-7-3-2-6-12(13)14/h2-10H,1H3. The van der Waals surface area contributed by atoms with Crippen LogP contribution in [0.3, 0.4) is 0 Å². The van der Waals surface area contributed by atoms with E-state index in [9.17, 15) is 4.79 Å². The molecule has 3 aromatic rings. The van der Waals surface area contributed by atoms with Crippen LogP contribution in [0.25, 0.3) is 10.8 Å². The number of rotatable bonds is 2. The van der Waals surface area contributed by atoms with E-state index in [0.717, 1.165) is 20.8 Å². The normalized spacial score (nSPS) is 10.8. The van der Waals surface area contributed by atoms with Crippen LogP contribution in [-0.4, -0.2) is 5.78 Å². The van der Waals surface area contributed by atoms with E-state index >= 15 is 0 Å². The zero-order valence-electron chi connectivity index (χ0n) is 11.4. The van der Waals surface area contributed by atoms with Crippen molar-refractivity contribution in [2.45, 2.75) is 6.92 Å². The molecule has 3 heteroatoms. The van der Waals surface area contributed by atoms with Crippen molar-refractivity contribution < 1.29 is 4.79 Å². The number of fused-ring (bicyclic) bond motifs is 1. The van der Waals surface area contributed by atoms with Crippen LogP contribution in [0.5, 0.6) is 0 Å². The predicted molar refractivity (Wildman–Crippen MR) is 91.3 cm³/mol. The molecule has 0 aliphatic heterocycles. The molecule has 0 saturated heterocycles. The van der Waals surface area contributed by atoms with Crippen molar-refractivity contribution >= 4 is 44.1 Å². The number of halogens is 2. The van der Waals surface area contributed by atoms with Crippen LogP contribution in [0.15, 0.2) is 59.1 Å². The minimum absolute atomic E-state index is 0.00144. The summed E-state index contributed by atoms with van der Waals surface area (Å²) in [6.07, 6.45) is 0. The third kappa shape index (κ3) is 2.50. The maximum atomic E-state index is 12.9. The summed E-state index contributed by atoms with van der Waals surface area (Å²) in [5, 5.41) is 2.43. The highest BCUT2D eigenvalue weighted by atomic mass is 79.9. The van der Waals surface area contributed by atoms with Crippen molar-refractivity contribution in [3.63, 3.8) is 0 Å². The first-order valence-corrected chi connectivity index (χ1v) is 7.74. The Bertz CT molecular complexity index is 855. The Labute approximate surface area is 136 Å². The Hall–Kier alpha value is -1.64. The molecule has 0 amide bonds. The molecule has 0 bridgehead atoms. The molecule has 0 radical (unpaired) electrons. The van der Waals surface area contributed by atoms with Crippen LogP contribution >= 0.6 is 27.5 Å². The van der Waals surface area contributed by atoms with Crippen LogP contribution in [0.4, 0.5) is 0 Å². The summed E-state index contributed by atoms with van der Waals surface area (Å²) in [4.78, 5) is 12.9. The molecule has 104 valence electrons. The van der Waals surface area contributed by atoms with E-state index in [1.807, 2.05) is 49.4 Å². The maximum absolute atomic E-state index is 12.9. The van der Waals surface area contributed by atoms with Gasteiger partial charge in [0.1, 0.15) is 0 Å². The first-order valence-electron chi connectivity index (χ1n) is 6.56. The average Bonchev–Trinajstić information content (AvgIpc) is 2.50. The van der Waals surface area contributed by atoms with E-state index in [-0.39, 0.29) is 5.78 Å². The van der Waals surface area contributed by atoms with E-state index in [0.29, 0.717) is 16.1 Å². The van der Waals surface area contributed by atoms with Crippen LogP contribution in [-0.2, 0) is 0 Å². The number of hydrogen-bond acceptors (Lipinski definition) is 1. The van der Waals surface area contributed by atoms with Gasteiger partial charge in [-0.3, -0.25) is 4.79 Å². The second kappa shape index (κ2) is 5.63. The van der Waals surface area contributed by atoms with Crippen molar-refractivity contribution in [2.75, 3.05) is 0 Å². The Morgan fingerprint density at radius 1 is 0.905 bits per heavy atom. The van der Waals surface area contributed by atoms with E-state index in [2.05, 4.69) is 15.9 Å². The number of carbonyl (C=O) groups is 1. The Balaban J connectivity index is 2.23. The highest BCUT2D eigenvalue weighted by Gasteiger charge is 2.16. The molecule has 0 aliphatic rings. The molecule has 3 rings (SSSR count). The van der Waals surface area contributed by atoms with Crippen LogP contribution in [0.1, 0.15) is 21.5 Å². The fourth-order valence-corrected chi connectivity index (χ4v) is 3.10. The van der Waals surface area contributed by atoms with Gasteiger partial charge in [0, 0.05) is 26.0 Å². The number of hydrogen-bond donors (Lipinski definition) is 0. The molecule has 0 fully saturated rings. The topological polar surface area (TPSA) is 17.1 Å². The van der Waals surface area contributed by atoms with Crippen molar-refractivity contribution in [3.8, 4) is 0 Å². The molecule has 0 atom stereocenters. The van der Waals surface area contributed by atoms with E-state index in [4.69, 9.17) is 11.6 Å². The molecule has 3 aromatic carbocycles. The lowest BCUT2D eigenvalue weighted by atomic mass is 9.96. The summed E-state index contributed by atoms with van der Waals surface area (Å²) in [5.74, 6) is -0.00144. The molecule has 0 spiro atoms. The summed E-state index contributed by atoms with van der Waals surface area (Å²) in [5.41, 5.74) is 2.38. The van der Waals surface area contributed by atoms with Crippen LogP contribution in [0, 0.1) is 6.92 Å². The van der Waals surface area contributed by atoms with Gasteiger partial charge in [-0.1, -0.05) is 48.0 Å². The predicted octanol–water partition coefficient (Wildman–Crippen LogP) is 5.80. The smallest absolute Gasteiger partial charge is 0.194 e. The van der Waals surface area contributed by atoms with E-state index < -0.39 is 0 Å². The molecule has 21 heavy (non-hydrogen) atoms. The highest BCUT2D eigenvalue weighted by molar-refractivity contribution is 9.10. The summed E-state index contributed by atoms with van der Waals surface area (Å²) in [7, 11) is 0. The highest BCUT2D eigenvalue weighted by Crippen LogP contribution is 2.30. The molecule has 0 aliphatic carbocycles. The lowest BCUT2D eigenvalue weighted by Crippen LogP contribution is -2.04. The average molecular weight is 360 g/mol. The van der Waals surface area contributed by atoms with Gasteiger partial charge in [-0.25, -0.2) is 0 Å². The van der Waals surface area contributed by atoms with Crippen LogP contribution in [0.2, 0.25) is 5.02 Å². The maximum Gasteiger partial charge on any atom is 0.194 e. The zero-order valence-corrected chi connectivity index (χ0v) is 13.7. The van der Waals surface area contributed by atoms with Gasteiger partial charge < -0.3 is 0 Å². The number of benzene rings is 3. The van der Waals surface area contributed by atoms with Gasteiger partial charge in [0.15, 0.2) is 5.78 Å². The summed E-state index contributed by atoms with van der Waals surface area (Å²) < 4.78 is 0.842. The SMILES string of the molecule is Cc1cccc(C(=O)c2ccc(Cl)c3ccccc23)c1Br. The largest absolute Gasteiger partial charge is 0.289 e. The summed E-state index contributed by atoms with van der Waals surface area (Å²) in [6, 6.07) is 17.0. The Kier molecular flexibility index (Phi) is 3.83. The van der Waals surface area contributed by atoms with Gasteiger partial charge in [-0.05, 0) is 52.0 Å². The molecular formula is C18H12BrClO. The minimum atomic E-state index is -0.00144. The van der Waals surface area contributed by atoms with Crippen molar-refractivity contribution in [1.82, 2.24) is 0 Å². The number of ketones is 1. The molecule has 0 N–H and O–H groups in total. The lowest BCUT2D eigenvalue weighted by molar-refractivity contribution is 0.103. The van der Waals surface area contributed by atoms with E-state index in [1.165, 1.54) is 0 Å². The fraction of sp³-hybridized carbons (Fsp3) is 0.0556. The summed E-state index contributed by atoms with van der Waals surface area (Å²) in [6.45, 7) is 1.97. The molecular weight excluding hydrogens is 348 g/mol. The third-order valence-corrected chi connectivity index (χ3v) is 4.93. The molecule has 0 unspecified atom stereocenters.